The molecule has 0 N–H and O–H groups in total. The van der Waals surface area contributed by atoms with Gasteiger partial charge in [0.15, 0.2) is 5.65 Å². The third kappa shape index (κ3) is 3.12. The second-order valence-electron chi connectivity index (χ2n) is 6.55. The predicted molar refractivity (Wildman–Crippen MR) is 106 cm³/mol. The lowest BCUT2D eigenvalue weighted by molar-refractivity contribution is 0.413. The van der Waals surface area contributed by atoms with Crippen LogP contribution in [0.5, 0.6) is 11.8 Å². The highest BCUT2D eigenvalue weighted by Crippen LogP contribution is 2.28. The van der Waals surface area contributed by atoms with Crippen LogP contribution in [0.15, 0.2) is 41.5 Å². The second-order valence-corrected chi connectivity index (χ2v) is 7.78. The fourth-order valence-corrected chi connectivity index (χ4v) is 3.59. The quantitative estimate of drug-likeness (QED) is 0.535. The third-order valence-electron chi connectivity index (χ3n) is 4.25. The lowest BCUT2D eigenvalue weighted by Crippen LogP contribution is -2.20. The molecule has 1 aromatic carbocycles. The van der Waals surface area contributed by atoms with E-state index in [1.165, 1.54) is 4.57 Å². The lowest BCUT2D eigenvalue weighted by Gasteiger charge is -2.11. The molecule has 0 aliphatic heterocycles. The molecule has 0 aliphatic carbocycles. The highest BCUT2D eigenvalue weighted by atomic mass is 32.1. The Hall–Kier alpha value is -3.00. The van der Waals surface area contributed by atoms with E-state index in [0.29, 0.717) is 16.8 Å². The first-order valence-electron chi connectivity index (χ1n) is 8.59. The summed E-state index contributed by atoms with van der Waals surface area (Å²) in [6.45, 7) is 5.97. The van der Waals surface area contributed by atoms with E-state index >= 15 is 0 Å². The van der Waals surface area contributed by atoms with Gasteiger partial charge in [-0.3, -0.25) is 9.36 Å². The second kappa shape index (κ2) is 6.62. The van der Waals surface area contributed by atoms with Crippen LogP contribution in [0, 0.1) is 6.92 Å². The average Bonchev–Trinajstić information content (AvgIpc) is 3.26. The molecule has 4 aromatic rings. The van der Waals surface area contributed by atoms with Gasteiger partial charge < -0.3 is 4.74 Å². The highest BCUT2D eigenvalue weighted by Gasteiger charge is 2.16. The van der Waals surface area contributed by atoms with Gasteiger partial charge in [0.05, 0.1) is 16.1 Å². The van der Waals surface area contributed by atoms with E-state index in [1.807, 2.05) is 51.2 Å². The number of aryl methyl sites for hydroxylation is 1. The number of benzene rings is 1. The molecule has 0 saturated heterocycles. The molecule has 0 unspecified atom stereocenters. The summed E-state index contributed by atoms with van der Waals surface area (Å²) in [5.41, 5.74) is 1.42. The van der Waals surface area contributed by atoms with E-state index in [9.17, 15) is 4.79 Å². The summed E-state index contributed by atoms with van der Waals surface area (Å²) in [6, 6.07) is 7.99. The maximum atomic E-state index is 12.6. The predicted octanol–water partition coefficient (Wildman–Crippen LogP) is 3.94. The molecule has 138 valence electrons. The molecule has 0 amide bonds. The standard InChI is InChI=1S/C19H19N5O2S/c1-11(2)24-17-15(9-21-24)18(25)23(4)19(22-17)26-14-7-5-13(6-8-14)16-10-20-12(3)27-16/h5-11H,1-4H3. The average molecular weight is 381 g/mol. The molecule has 0 atom stereocenters. The molecular formula is C19H19N5O2S. The SMILES string of the molecule is Cc1ncc(-c2ccc(Oc3nc4c(cnn4C(C)C)c(=O)n3C)cc2)s1. The molecule has 0 radical (unpaired) electrons. The number of thiazole rings is 1. The normalized spacial score (nSPS) is 11.4. The fourth-order valence-electron chi connectivity index (χ4n) is 2.81. The summed E-state index contributed by atoms with van der Waals surface area (Å²) in [5, 5.41) is 5.78. The van der Waals surface area contributed by atoms with Crippen LogP contribution in [-0.2, 0) is 7.05 Å². The van der Waals surface area contributed by atoms with E-state index in [-0.39, 0.29) is 17.6 Å². The van der Waals surface area contributed by atoms with Gasteiger partial charge in [0, 0.05) is 19.3 Å². The van der Waals surface area contributed by atoms with Gasteiger partial charge in [-0.2, -0.15) is 10.1 Å². The monoisotopic (exact) mass is 381 g/mol. The summed E-state index contributed by atoms with van der Waals surface area (Å²) in [7, 11) is 1.64. The molecule has 8 heteroatoms. The van der Waals surface area contributed by atoms with E-state index < -0.39 is 0 Å². The molecular weight excluding hydrogens is 362 g/mol. The van der Waals surface area contributed by atoms with Crippen molar-refractivity contribution >= 4 is 22.4 Å². The van der Waals surface area contributed by atoms with Crippen molar-refractivity contribution in [3.05, 3.63) is 52.0 Å². The Morgan fingerprint density at radius 1 is 1.15 bits per heavy atom. The molecule has 0 bridgehead atoms. The number of hydrogen-bond acceptors (Lipinski definition) is 6. The number of fused-ring (bicyclic) bond motifs is 1. The zero-order valence-electron chi connectivity index (χ0n) is 15.5. The molecule has 0 fully saturated rings. The molecule has 4 rings (SSSR count). The summed E-state index contributed by atoms with van der Waals surface area (Å²) in [5.74, 6) is 0.609. The summed E-state index contributed by atoms with van der Waals surface area (Å²) in [6.07, 6.45) is 3.42. The highest BCUT2D eigenvalue weighted by molar-refractivity contribution is 7.15. The minimum Gasteiger partial charge on any atom is -0.425 e. The van der Waals surface area contributed by atoms with Crippen LogP contribution in [-0.4, -0.2) is 24.3 Å². The Morgan fingerprint density at radius 3 is 2.52 bits per heavy atom. The Balaban J connectivity index is 1.69. The Morgan fingerprint density at radius 2 is 1.89 bits per heavy atom. The Kier molecular flexibility index (Phi) is 4.27. The van der Waals surface area contributed by atoms with Gasteiger partial charge in [-0.25, -0.2) is 9.67 Å². The molecule has 7 nitrogen and oxygen atoms in total. The van der Waals surface area contributed by atoms with Crippen LogP contribution >= 0.6 is 11.3 Å². The van der Waals surface area contributed by atoms with Crippen molar-refractivity contribution in [1.29, 1.82) is 0 Å². The maximum absolute atomic E-state index is 12.6. The molecule has 3 heterocycles. The van der Waals surface area contributed by atoms with E-state index in [2.05, 4.69) is 15.1 Å². The number of nitrogens with zero attached hydrogens (tertiary/aromatic N) is 5. The maximum Gasteiger partial charge on any atom is 0.306 e. The van der Waals surface area contributed by atoms with Gasteiger partial charge in [-0.15, -0.1) is 11.3 Å². The molecule has 3 aromatic heterocycles. The van der Waals surface area contributed by atoms with E-state index in [4.69, 9.17) is 4.74 Å². The first-order valence-corrected chi connectivity index (χ1v) is 9.40. The number of aromatic nitrogens is 5. The minimum absolute atomic E-state index is 0.0945. The Bertz CT molecular complexity index is 1170. The Labute approximate surface area is 159 Å². The molecule has 27 heavy (non-hydrogen) atoms. The van der Waals surface area contributed by atoms with Crippen LogP contribution in [0.3, 0.4) is 0 Å². The van der Waals surface area contributed by atoms with Crippen molar-refractivity contribution in [2.45, 2.75) is 26.8 Å². The van der Waals surface area contributed by atoms with Crippen LogP contribution in [0.25, 0.3) is 21.5 Å². The largest absolute Gasteiger partial charge is 0.425 e. The van der Waals surface area contributed by atoms with Crippen LogP contribution in [0.4, 0.5) is 0 Å². The van der Waals surface area contributed by atoms with Gasteiger partial charge in [-0.1, -0.05) is 0 Å². The van der Waals surface area contributed by atoms with Crippen molar-refractivity contribution in [2.75, 3.05) is 0 Å². The molecule has 0 aliphatic rings. The molecule has 0 saturated carbocycles. The summed E-state index contributed by atoms with van der Waals surface area (Å²) >= 11 is 1.64. The van der Waals surface area contributed by atoms with Crippen molar-refractivity contribution in [3.8, 4) is 22.2 Å². The van der Waals surface area contributed by atoms with Crippen molar-refractivity contribution in [2.24, 2.45) is 7.05 Å². The smallest absolute Gasteiger partial charge is 0.306 e. The van der Waals surface area contributed by atoms with Gasteiger partial charge in [0.2, 0.25) is 0 Å². The van der Waals surface area contributed by atoms with Crippen LogP contribution in [0.2, 0.25) is 0 Å². The van der Waals surface area contributed by atoms with Gasteiger partial charge in [-0.05, 0) is 50.6 Å². The topological polar surface area (TPSA) is 74.8 Å². The van der Waals surface area contributed by atoms with Crippen molar-refractivity contribution < 1.29 is 4.74 Å². The zero-order chi connectivity index (χ0) is 19.1. The van der Waals surface area contributed by atoms with Crippen molar-refractivity contribution in [3.63, 3.8) is 0 Å². The fraction of sp³-hybridized carbons (Fsp3) is 0.263. The van der Waals surface area contributed by atoms with Gasteiger partial charge >= 0.3 is 6.01 Å². The third-order valence-corrected chi connectivity index (χ3v) is 5.21. The van der Waals surface area contributed by atoms with Gasteiger partial charge in [0.25, 0.3) is 5.56 Å². The zero-order valence-corrected chi connectivity index (χ0v) is 16.3. The first-order chi connectivity index (χ1) is 12.9. The van der Waals surface area contributed by atoms with Crippen LogP contribution in [0.1, 0.15) is 24.9 Å². The number of rotatable bonds is 4. The van der Waals surface area contributed by atoms with E-state index in [0.717, 1.165) is 15.4 Å². The van der Waals surface area contributed by atoms with Crippen LogP contribution < -0.4 is 10.3 Å². The molecule has 0 spiro atoms. The van der Waals surface area contributed by atoms with Gasteiger partial charge in [0.1, 0.15) is 11.1 Å². The van der Waals surface area contributed by atoms with E-state index in [1.54, 1.807) is 29.3 Å². The first kappa shape index (κ1) is 17.4. The lowest BCUT2D eigenvalue weighted by atomic mass is 10.2. The summed E-state index contributed by atoms with van der Waals surface area (Å²) < 4.78 is 9.02. The minimum atomic E-state index is -0.182. The number of ether oxygens (including phenoxy) is 1. The number of hydrogen-bond donors (Lipinski definition) is 0. The summed E-state index contributed by atoms with van der Waals surface area (Å²) in [4.78, 5) is 22.5. The van der Waals surface area contributed by atoms with Crippen molar-refractivity contribution in [1.82, 2.24) is 24.3 Å².